The van der Waals surface area contributed by atoms with E-state index in [9.17, 15) is 0 Å². The molecule has 0 aliphatic rings. The molecule has 0 spiro atoms. The van der Waals surface area contributed by atoms with Crippen LogP contribution < -0.4 is 0 Å². The average molecular weight is 204 g/mol. The van der Waals surface area contributed by atoms with Gasteiger partial charge in [-0.15, -0.1) is 0 Å². The van der Waals surface area contributed by atoms with Gasteiger partial charge in [-0.25, -0.2) is 0 Å². The first kappa shape index (κ1) is 10.4. The Balaban J connectivity index is 0. The van der Waals surface area contributed by atoms with Gasteiger partial charge in [0.1, 0.15) is 0 Å². The third kappa shape index (κ3) is 50.7. The van der Waals surface area contributed by atoms with E-state index >= 15 is 0 Å². The molecule has 0 saturated heterocycles. The van der Waals surface area contributed by atoms with Crippen molar-refractivity contribution in [3.05, 3.63) is 0 Å². The summed E-state index contributed by atoms with van der Waals surface area (Å²) in [6.07, 6.45) is 0. The van der Waals surface area contributed by atoms with Gasteiger partial charge in [0, 0.05) is 0 Å². The molecule has 4 nitrogen and oxygen atoms in total. The van der Waals surface area contributed by atoms with Crippen LogP contribution in [0.3, 0.4) is 0 Å². The van der Waals surface area contributed by atoms with Crippen LogP contribution in [-0.4, -0.2) is 45.3 Å². The van der Waals surface area contributed by atoms with E-state index in [1.54, 1.807) is 0 Å². The van der Waals surface area contributed by atoms with Crippen molar-refractivity contribution in [2.24, 2.45) is 0 Å². The fourth-order valence-electron chi connectivity index (χ4n) is 0. The van der Waals surface area contributed by atoms with E-state index in [1.807, 2.05) is 0 Å². The van der Waals surface area contributed by atoms with Gasteiger partial charge in [-0.2, -0.15) is 0 Å². The summed E-state index contributed by atoms with van der Waals surface area (Å²) in [6.45, 7) is 0. The molecule has 0 amide bonds. The summed E-state index contributed by atoms with van der Waals surface area (Å²) in [6, 6.07) is 0. The molecule has 6 heteroatoms. The van der Waals surface area contributed by atoms with Crippen molar-refractivity contribution in [3.8, 4) is 0 Å². The first-order valence-corrected chi connectivity index (χ1v) is 4.13. The third-order valence-corrected chi connectivity index (χ3v) is 0. The van der Waals surface area contributed by atoms with Crippen LogP contribution in [0.15, 0.2) is 0 Å². The normalized spacial score (nSPS) is 9.67. The first-order valence-electron chi connectivity index (χ1n) is 0.698. The molecule has 0 atom stereocenters. The standard InChI is InChI=1S/Ca.Mo.2H2O.2O.2H/h;;2*1H2;;;;/q;+2;;;;;;/p-2. The third-order valence-electron chi connectivity index (χ3n) is 0. The zero-order valence-electron chi connectivity index (χ0n) is 2.12. The second kappa shape index (κ2) is 3.47. The summed E-state index contributed by atoms with van der Waals surface area (Å²) in [5.41, 5.74) is 0. The molecular formula is H4CaMoO4. The molecule has 0 unspecified atom stereocenters. The fourth-order valence-corrected chi connectivity index (χ4v) is 0. The number of hydrogen-bond acceptors (Lipinski definition) is 2. The van der Waals surface area contributed by atoms with Gasteiger partial charge in [-0.3, -0.25) is 0 Å². The fraction of sp³-hybridized carbons (Fsp3) is 0. The maximum absolute atomic E-state index is 8.85. The van der Waals surface area contributed by atoms with Gasteiger partial charge in [0.25, 0.3) is 0 Å². The second-order valence-electron chi connectivity index (χ2n) is 0.448. The second-order valence-corrected chi connectivity index (χ2v) is 2.65. The van der Waals surface area contributed by atoms with Crippen LogP contribution >= 0.6 is 0 Å². The predicted molar refractivity (Wildman–Crippen MR) is 14.4 cm³/mol. The molecule has 6 heavy (non-hydrogen) atoms. The van der Waals surface area contributed by atoms with E-state index in [1.165, 1.54) is 0 Å². The minimum atomic E-state index is -5.52. The summed E-state index contributed by atoms with van der Waals surface area (Å²) < 4.78 is 32.0. The van der Waals surface area contributed by atoms with Crippen molar-refractivity contribution in [2.75, 3.05) is 0 Å². The van der Waals surface area contributed by atoms with Crippen molar-refractivity contribution in [1.29, 1.82) is 0 Å². The molecule has 0 heterocycles. The monoisotopic (exact) mass is 206 g/mol. The quantitative estimate of drug-likeness (QED) is 0.436. The van der Waals surface area contributed by atoms with Crippen molar-refractivity contribution >= 4 is 37.7 Å². The van der Waals surface area contributed by atoms with Crippen LogP contribution in [0.4, 0.5) is 0 Å². The summed E-state index contributed by atoms with van der Waals surface area (Å²) in [7, 11) is 0. The Hall–Kier alpha value is 1.47. The van der Waals surface area contributed by atoms with Crippen molar-refractivity contribution in [2.45, 2.75) is 0 Å². The Morgan fingerprint density at radius 3 is 1.17 bits per heavy atom. The molecule has 0 aromatic carbocycles. The van der Waals surface area contributed by atoms with Crippen LogP contribution in [0.5, 0.6) is 0 Å². The van der Waals surface area contributed by atoms with Crippen LogP contribution in [0.1, 0.15) is 0 Å². The summed E-state index contributed by atoms with van der Waals surface area (Å²) in [5, 5.41) is 0. The molecule has 0 aliphatic heterocycles. The van der Waals surface area contributed by atoms with Crippen LogP contribution in [-0.2, 0) is 23.5 Å². The van der Waals surface area contributed by atoms with E-state index in [0.717, 1.165) is 0 Å². The minimum absolute atomic E-state index is 0. The SMILES string of the molecule is [CaH2].[O]=[Mo](=[O])([OH])[OH]. The molecule has 0 saturated carbocycles. The van der Waals surface area contributed by atoms with Gasteiger partial charge >= 0.3 is 68.8 Å². The molecule has 0 bridgehead atoms. The first-order chi connectivity index (χ1) is 2.00. The van der Waals surface area contributed by atoms with Crippen LogP contribution in [0.25, 0.3) is 0 Å². The molecule has 0 aromatic heterocycles. The van der Waals surface area contributed by atoms with Gasteiger partial charge in [-0.1, -0.05) is 0 Å². The molecule has 0 radical (unpaired) electrons. The zero-order chi connectivity index (χ0) is 4.50. The number of hydrogen-bond donors (Lipinski definition) is 2. The molecule has 2 N–H and O–H groups in total. The molecular weight excluding hydrogens is 200 g/mol. The van der Waals surface area contributed by atoms with Crippen LogP contribution in [0, 0.1) is 0 Å². The summed E-state index contributed by atoms with van der Waals surface area (Å²) >= 11 is -5.52. The molecule has 36 valence electrons. The Labute approximate surface area is 67.9 Å². The van der Waals surface area contributed by atoms with E-state index in [0.29, 0.717) is 0 Å². The van der Waals surface area contributed by atoms with Crippen molar-refractivity contribution in [1.82, 2.24) is 0 Å². The van der Waals surface area contributed by atoms with Gasteiger partial charge < -0.3 is 0 Å². The molecule has 0 aliphatic carbocycles. The van der Waals surface area contributed by atoms with Gasteiger partial charge in [0.05, 0.1) is 0 Å². The Morgan fingerprint density at radius 1 is 1.17 bits per heavy atom. The average Bonchev–Trinajstić information content (AvgIpc) is 0.722. The number of rotatable bonds is 0. The summed E-state index contributed by atoms with van der Waals surface area (Å²) in [5.74, 6) is 0. The molecule has 0 aromatic rings. The Bertz CT molecular complexity index is 90.7. The Kier molecular flexibility index (Phi) is 6.04. The van der Waals surface area contributed by atoms with Gasteiger partial charge in [0.2, 0.25) is 0 Å². The van der Waals surface area contributed by atoms with E-state index < -0.39 is 16.7 Å². The van der Waals surface area contributed by atoms with Crippen LogP contribution in [0.2, 0.25) is 0 Å². The van der Waals surface area contributed by atoms with Gasteiger partial charge in [0.15, 0.2) is 0 Å². The predicted octanol–water partition coefficient (Wildman–Crippen LogP) is -2.27. The van der Waals surface area contributed by atoms with E-state index in [-0.39, 0.29) is 37.7 Å². The van der Waals surface area contributed by atoms with Crippen molar-refractivity contribution < 1.29 is 31.1 Å². The van der Waals surface area contributed by atoms with Crippen molar-refractivity contribution in [3.63, 3.8) is 0 Å². The maximum atomic E-state index is 8.85. The van der Waals surface area contributed by atoms with E-state index in [4.69, 9.17) is 14.3 Å². The summed E-state index contributed by atoms with van der Waals surface area (Å²) in [4.78, 5) is 0. The topological polar surface area (TPSA) is 74.6 Å². The van der Waals surface area contributed by atoms with Gasteiger partial charge in [-0.05, 0) is 0 Å². The van der Waals surface area contributed by atoms with E-state index in [2.05, 4.69) is 0 Å². The Morgan fingerprint density at radius 2 is 1.17 bits per heavy atom. The molecule has 0 rings (SSSR count). The zero-order valence-corrected chi connectivity index (χ0v) is 4.13. The molecule has 0 fully saturated rings.